The first kappa shape index (κ1) is 13.9. The molecule has 0 fully saturated rings. The highest BCUT2D eigenvalue weighted by Crippen LogP contribution is 2.17. The lowest BCUT2D eigenvalue weighted by Crippen LogP contribution is -2.27. The minimum Gasteiger partial charge on any atom is -0.396 e. The SMILES string of the molecule is Cc1cc(C(C)C)nc(NCC(C)(C)CO)n1. The molecule has 17 heavy (non-hydrogen) atoms. The number of aromatic nitrogens is 2. The van der Waals surface area contributed by atoms with Crippen molar-refractivity contribution in [3.63, 3.8) is 0 Å². The van der Waals surface area contributed by atoms with Gasteiger partial charge in [0.25, 0.3) is 0 Å². The second-order valence-corrected chi connectivity index (χ2v) is 5.59. The molecule has 2 N–H and O–H groups in total. The molecule has 1 rings (SSSR count). The zero-order chi connectivity index (χ0) is 13.1. The number of hydrogen-bond donors (Lipinski definition) is 2. The average molecular weight is 237 g/mol. The van der Waals surface area contributed by atoms with Crippen molar-refractivity contribution < 1.29 is 5.11 Å². The third-order valence-electron chi connectivity index (χ3n) is 2.62. The molecule has 0 aliphatic heterocycles. The first-order valence-electron chi connectivity index (χ1n) is 6.04. The summed E-state index contributed by atoms with van der Waals surface area (Å²) >= 11 is 0. The van der Waals surface area contributed by atoms with Gasteiger partial charge in [-0.3, -0.25) is 0 Å². The van der Waals surface area contributed by atoms with E-state index in [4.69, 9.17) is 0 Å². The largest absolute Gasteiger partial charge is 0.396 e. The Hall–Kier alpha value is -1.16. The highest BCUT2D eigenvalue weighted by Gasteiger charge is 2.16. The van der Waals surface area contributed by atoms with Gasteiger partial charge in [-0.2, -0.15) is 0 Å². The number of anilines is 1. The maximum Gasteiger partial charge on any atom is 0.223 e. The number of nitrogens with one attached hydrogen (secondary N) is 1. The molecule has 0 radical (unpaired) electrons. The minimum absolute atomic E-state index is 0.142. The summed E-state index contributed by atoms with van der Waals surface area (Å²) in [5, 5.41) is 12.4. The van der Waals surface area contributed by atoms with Crippen LogP contribution in [-0.2, 0) is 0 Å². The molecule has 0 bridgehead atoms. The molecule has 96 valence electrons. The quantitative estimate of drug-likeness (QED) is 0.825. The molecule has 0 aliphatic carbocycles. The number of rotatable bonds is 5. The van der Waals surface area contributed by atoms with Gasteiger partial charge in [0.1, 0.15) is 0 Å². The molecule has 1 heterocycles. The molecule has 0 aliphatic rings. The van der Waals surface area contributed by atoms with Gasteiger partial charge in [-0.05, 0) is 18.9 Å². The van der Waals surface area contributed by atoms with Crippen LogP contribution in [0.1, 0.15) is 45.0 Å². The van der Waals surface area contributed by atoms with Gasteiger partial charge in [-0.1, -0.05) is 27.7 Å². The average Bonchev–Trinajstić information content (AvgIpc) is 2.26. The zero-order valence-electron chi connectivity index (χ0n) is 11.4. The van der Waals surface area contributed by atoms with Gasteiger partial charge in [-0.15, -0.1) is 0 Å². The molecule has 1 aromatic heterocycles. The highest BCUT2D eigenvalue weighted by atomic mass is 16.3. The maximum absolute atomic E-state index is 9.19. The predicted molar refractivity (Wildman–Crippen MR) is 70.2 cm³/mol. The molecule has 0 amide bonds. The van der Waals surface area contributed by atoms with Gasteiger partial charge in [0.2, 0.25) is 5.95 Å². The van der Waals surface area contributed by atoms with E-state index < -0.39 is 0 Å². The minimum atomic E-state index is -0.162. The normalized spacial score (nSPS) is 11.9. The van der Waals surface area contributed by atoms with Gasteiger partial charge in [0.15, 0.2) is 0 Å². The van der Waals surface area contributed by atoms with E-state index in [2.05, 4.69) is 29.1 Å². The van der Waals surface area contributed by atoms with Crippen molar-refractivity contribution in [3.8, 4) is 0 Å². The van der Waals surface area contributed by atoms with E-state index >= 15 is 0 Å². The Morgan fingerprint density at radius 3 is 2.53 bits per heavy atom. The van der Waals surface area contributed by atoms with Crippen LogP contribution in [0, 0.1) is 12.3 Å². The van der Waals surface area contributed by atoms with Gasteiger partial charge >= 0.3 is 0 Å². The van der Waals surface area contributed by atoms with E-state index in [0.717, 1.165) is 11.4 Å². The third kappa shape index (κ3) is 4.30. The molecule has 0 aromatic carbocycles. The first-order chi connectivity index (χ1) is 7.84. The van der Waals surface area contributed by atoms with Gasteiger partial charge in [0, 0.05) is 30.0 Å². The number of aryl methyl sites for hydroxylation is 1. The van der Waals surface area contributed by atoms with Crippen LogP contribution in [0.3, 0.4) is 0 Å². The van der Waals surface area contributed by atoms with Crippen molar-refractivity contribution in [2.75, 3.05) is 18.5 Å². The van der Waals surface area contributed by atoms with Crippen molar-refractivity contribution >= 4 is 5.95 Å². The molecule has 0 saturated heterocycles. The smallest absolute Gasteiger partial charge is 0.223 e. The second kappa shape index (κ2) is 5.45. The Labute approximate surface area is 103 Å². The van der Waals surface area contributed by atoms with Crippen LogP contribution in [-0.4, -0.2) is 28.2 Å². The van der Waals surface area contributed by atoms with Gasteiger partial charge < -0.3 is 10.4 Å². The molecule has 0 unspecified atom stereocenters. The summed E-state index contributed by atoms with van der Waals surface area (Å²) in [5.74, 6) is 1.04. The monoisotopic (exact) mass is 237 g/mol. The summed E-state index contributed by atoms with van der Waals surface area (Å²) in [6.07, 6.45) is 0. The van der Waals surface area contributed by atoms with Crippen molar-refractivity contribution in [3.05, 3.63) is 17.5 Å². The highest BCUT2D eigenvalue weighted by molar-refractivity contribution is 5.29. The predicted octanol–water partition coefficient (Wildman–Crippen LogP) is 2.34. The second-order valence-electron chi connectivity index (χ2n) is 5.59. The zero-order valence-corrected chi connectivity index (χ0v) is 11.4. The first-order valence-corrected chi connectivity index (χ1v) is 6.04. The number of hydrogen-bond acceptors (Lipinski definition) is 4. The fourth-order valence-corrected chi connectivity index (χ4v) is 1.34. The van der Waals surface area contributed by atoms with E-state index in [9.17, 15) is 5.11 Å². The van der Waals surface area contributed by atoms with Crippen LogP contribution in [0.2, 0.25) is 0 Å². The molecule has 0 saturated carbocycles. The van der Waals surface area contributed by atoms with Crippen LogP contribution < -0.4 is 5.32 Å². The van der Waals surface area contributed by atoms with Crippen LogP contribution in [0.4, 0.5) is 5.95 Å². The van der Waals surface area contributed by atoms with Crippen molar-refractivity contribution in [1.82, 2.24) is 9.97 Å². The summed E-state index contributed by atoms with van der Waals surface area (Å²) in [6, 6.07) is 2.01. The summed E-state index contributed by atoms with van der Waals surface area (Å²) in [6.45, 7) is 11.0. The summed E-state index contributed by atoms with van der Waals surface area (Å²) in [5.41, 5.74) is 1.85. The molecule has 0 spiro atoms. The lowest BCUT2D eigenvalue weighted by Gasteiger charge is -2.22. The molecule has 0 atom stereocenters. The van der Waals surface area contributed by atoms with E-state index in [-0.39, 0.29) is 12.0 Å². The fourth-order valence-electron chi connectivity index (χ4n) is 1.34. The Bertz CT molecular complexity index is 375. The molecular weight excluding hydrogens is 214 g/mol. The summed E-state index contributed by atoms with van der Waals surface area (Å²) in [7, 11) is 0. The molecule has 1 aromatic rings. The topological polar surface area (TPSA) is 58.0 Å². The van der Waals surface area contributed by atoms with E-state index in [0.29, 0.717) is 18.4 Å². The van der Waals surface area contributed by atoms with Crippen molar-refractivity contribution in [2.45, 2.75) is 40.5 Å². The molecule has 4 nitrogen and oxygen atoms in total. The molecular formula is C13H23N3O. The Balaban J connectivity index is 2.78. The van der Waals surface area contributed by atoms with Gasteiger partial charge in [0.05, 0.1) is 0 Å². The van der Waals surface area contributed by atoms with Crippen LogP contribution in [0.15, 0.2) is 6.07 Å². The van der Waals surface area contributed by atoms with E-state index in [1.165, 1.54) is 0 Å². The van der Waals surface area contributed by atoms with Crippen LogP contribution >= 0.6 is 0 Å². The Morgan fingerprint density at radius 1 is 1.35 bits per heavy atom. The summed E-state index contributed by atoms with van der Waals surface area (Å²) in [4.78, 5) is 8.82. The van der Waals surface area contributed by atoms with Crippen molar-refractivity contribution in [1.29, 1.82) is 0 Å². The lowest BCUT2D eigenvalue weighted by atomic mass is 9.95. The van der Waals surface area contributed by atoms with Crippen LogP contribution in [0.5, 0.6) is 0 Å². The molecule has 4 heteroatoms. The fraction of sp³-hybridized carbons (Fsp3) is 0.692. The lowest BCUT2D eigenvalue weighted by molar-refractivity contribution is 0.170. The number of aliphatic hydroxyl groups excluding tert-OH is 1. The van der Waals surface area contributed by atoms with E-state index in [1.807, 2.05) is 26.8 Å². The van der Waals surface area contributed by atoms with Crippen molar-refractivity contribution in [2.24, 2.45) is 5.41 Å². The van der Waals surface area contributed by atoms with E-state index in [1.54, 1.807) is 0 Å². The summed E-state index contributed by atoms with van der Waals surface area (Å²) < 4.78 is 0. The number of nitrogens with zero attached hydrogens (tertiary/aromatic N) is 2. The van der Waals surface area contributed by atoms with Gasteiger partial charge in [-0.25, -0.2) is 9.97 Å². The maximum atomic E-state index is 9.19. The standard InChI is InChI=1S/C13H23N3O/c1-9(2)11-6-10(3)15-12(16-11)14-7-13(4,5)8-17/h6,9,17H,7-8H2,1-5H3,(H,14,15,16). The Kier molecular flexibility index (Phi) is 4.46. The van der Waals surface area contributed by atoms with Crippen LogP contribution in [0.25, 0.3) is 0 Å². The number of aliphatic hydroxyl groups is 1. The third-order valence-corrected chi connectivity index (χ3v) is 2.62. The Morgan fingerprint density at radius 2 is 2.00 bits per heavy atom.